The van der Waals surface area contributed by atoms with E-state index in [1.807, 2.05) is 30.5 Å². The van der Waals surface area contributed by atoms with Gasteiger partial charge in [0.1, 0.15) is 0 Å². The highest BCUT2D eigenvalue weighted by molar-refractivity contribution is 7.97. The molecule has 0 radical (unpaired) electrons. The van der Waals surface area contributed by atoms with Gasteiger partial charge in [-0.15, -0.1) is 0 Å². The fourth-order valence-electron chi connectivity index (χ4n) is 3.38. The number of hydrogen-bond acceptors (Lipinski definition) is 8. The quantitative estimate of drug-likeness (QED) is 0.222. The molecule has 3 aromatic rings. The highest BCUT2D eigenvalue weighted by Gasteiger charge is 2.10. The van der Waals surface area contributed by atoms with Crippen molar-refractivity contribution in [1.82, 2.24) is 14.7 Å². The number of anilines is 4. The molecule has 0 saturated heterocycles. The highest BCUT2D eigenvalue weighted by atomic mass is 32.2. The summed E-state index contributed by atoms with van der Waals surface area (Å²) >= 11 is 1.67. The van der Waals surface area contributed by atoms with Crippen molar-refractivity contribution in [3.8, 4) is 0 Å². The van der Waals surface area contributed by atoms with Crippen molar-refractivity contribution in [3.63, 3.8) is 0 Å². The van der Waals surface area contributed by atoms with E-state index < -0.39 is 10.7 Å². The van der Waals surface area contributed by atoms with E-state index in [0.29, 0.717) is 5.95 Å². The average Bonchev–Trinajstić information content (AvgIpc) is 2.83. The van der Waals surface area contributed by atoms with Gasteiger partial charge in [0.2, 0.25) is 5.95 Å². The third-order valence-electron chi connectivity index (χ3n) is 5.21. The van der Waals surface area contributed by atoms with Crippen LogP contribution in [-0.4, -0.2) is 35.4 Å². The highest BCUT2D eigenvalue weighted by Crippen LogP contribution is 2.24. The monoisotopic (exact) mass is 481 g/mol. The average molecular weight is 482 g/mol. The van der Waals surface area contributed by atoms with Gasteiger partial charge in [-0.3, -0.25) is 9.50 Å². The number of benzene rings is 2. The van der Waals surface area contributed by atoms with Crippen molar-refractivity contribution in [2.75, 3.05) is 41.3 Å². The van der Waals surface area contributed by atoms with Crippen LogP contribution in [0.4, 0.5) is 23.1 Å². The smallest absolute Gasteiger partial charge is 0.229 e. The second-order valence-corrected chi connectivity index (χ2v) is 10.6. The molecule has 1 aliphatic rings. The number of hydrogen-bond donors (Lipinski definition) is 5. The minimum atomic E-state index is -0.493. The zero-order valence-electron chi connectivity index (χ0n) is 18.9. The van der Waals surface area contributed by atoms with E-state index in [1.54, 1.807) is 11.9 Å². The lowest BCUT2D eigenvalue weighted by Gasteiger charge is -2.14. The predicted octanol–water partition coefficient (Wildman–Crippen LogP) is 5.57. The van der Waals surface area contributed by atoms with Crippen LogP contribution in [0, 0.1) is 11.7 Å². The van der Waals surface area contributed by atoms with Gasteiger partial charge in [0.25, 0.3) is 0 Å². The lowest BCUT2D eigenvalue weighted by atomic mass is 10.2. The molecule has 33 heavy (non-hydrogen) atoms. The molecule has 5 N–H and O–H groups in total. The molecule has 174 valence electrons. The topological polar surface area (TPSA) is 97.8 Å². The molecule has 0 saturated carbocycles. The van der Waals surface area contributed by atoms with E-state index in [-0.39, 0.29) is 0 Å². The molecule has 7 nitrogen and oxygen atoms in total. The first kappa shape index (κ1) is 23.5. The first-order valence-corrected chi connectivity index (χ1v) is 13.5. The second-order valence-electron chi connectivity index (χ2n) is 7.93. The van der Waals surface area contributed by atoms with Crippen molar-refractivity contribution in [2.24, 2.45) is 0 Å². The van der Waals surface area contributed by atoms with E-state index in [2.05, 4.69) is 56.8 Å². The minimum Gasteiger partial charge on any atom is -0.381 e. The Kier molecular flexibility index (Phi) is 8.57. The summed E-state index contributed by atoms with van der Waals surface area (Å²) in [4.78, 5) is 11.5. The van der Waals surface area contributed by atoms with Gasteiger partial charge in [-0.05, 0) is 68.5 Å². The number of fused-ring (bicyclic) bond motifs is 4. The number of aryl methyl sites for hydroxylation is 1. The van der Waals surface area contributed by atoms with Crippen LogP contribution < -0.4 is 20.7 Å². The lowest BCUT2D eigenvalue weighted by molar-refractivity contribution is 0.827. The van der Waals surface area contributed by atoms with Crippen molar-refractivity contribution in [3.05, 3.63) is 60.3 Å². The zero-order chi connectivity index (χ0) is 22.9. The Labute approximate surface area is 202 Å². The standard InChI is InChI=1S/C24H31N7S2/c1-18-8-10-20(11-9-18)32-29-14-5-13-26-22-17-28-24-30-19-6-4-7-21(16-19)33(25)15-3-2-12-27-23(22)31-24/h4,6-11,16-17,25-26,29H,2-3,5,12-15H2,1H3,(H2,27,28,30,31). The Hall–Kier alpha value is -2.62. The number of nitrogens with one attached hydrogen (secondary N) is 5. The van der Waals surface area contributed by atoms with Crippen molar-refractivity contribution in [2.45, 2.75) is 36.0 Å². The maximum Gasteiger partial charge on any atom is 0.229 e. The Morgan fingerprint density at radius 2 is 2.00 bits per heavy atom. The molecule has 0 amide bonds. The van der Waals surface area contributed by atoms with Gasteiger partial charge in [0.05, 0.1) is 11.9 Å². The second kappa shape index (κ2) is 12.0. The molecule has 1 unspecified atom stereocenters. The SMILES string of the molecule is Cc1ccc(SNCCCNc2cnc3nc2NCCCCS(=N)c2cccc(c2)N3)cc1. The maximum absolute atomic E-state index is 8.45. The van der Waals surface area contributed by atoms with E-state index >= 15 is 0 Å². The van der Waals surface area contributed by atoms with E-state index in [0.717, 1.165) is 66.7 Å². The number of nitrogens with zero attached hydrogens (tertiary/aromatic N) is 2. The molecule has 0 fully saturated rings. The summed E-state index contributed by atoms with van der Waals surface area (Å²) in [6.45, 7) is 4.66. The van der Waals surface area contributed by atoms with E-state index in [4.69, 9.17) is 9.76 Å². The van der Waals surface area contributed by atoms with Gasteiger partial charge < -0.3 is 16.0 Å². The minimum absolute atomic E-state index is 0.493. The van der Waals surface area contributed by atoms with Crippen LogP contribution in [0.5, 0.6) is 0 Å². The summed E-state index contributed by atoms with van der Waals surface area (Å²) in [6, 6.07) is 16.6. The maximum atomic E-state index is 8.45. The molecule has 2 aromatic carbocycles. The van der Waals surface area contributed by atoms with Crippen molar-refractivity contribution in [1.29, 1.82) is 4.78 Å². The molecule has 9 heteroatoms. The zero-order valence-corrected chi connectivity index (χ0v) is 20.5. The van der Waals surface area contributed by atoms with Gasteiger partial charge in [0, 0.05) is 40.9 Å². The third kappa shape index (κ3) is 7.18. The summed E-state index contributed by atoms with van der Waals surface area (Å²) in [6.07, 6.45) is 4.85. The first-order chi connectivity index (χ1) is 16.2. The van der Waals surface area contributed by atoms with E-state index in [9.17, 15) is 0 Å². The molecule has 0 spiro atoms. The van der Waals surface area contributed by atoms with Gasteiger partial charge in [0.15, 0.2) is 5.82 Å². The lowest BCUT2D eigenvalue weighted by Crippen LogP contribution is -2.14. The molecule has 1 atom stereocenters. The number of rotatable bonds is 7. The number of aromatic nitrogens is 2. The van der Waals surface area contributed by atoms with Crippen LogP contribution in [0.2, 0.25) is 0 Å². The van der Waals surface area contributed by atoms with Crippen molar-refractivity contribution < 1.29 is 0 Å². The molecule has 4 bridgehead atoms. The van der Waals surface area contributed by atoms with Gasteiger partial charge in [-0.25, -0.2) is 4.98 Å². The van der Waals surface area contributed by atoms with Crippen LogP contribution in [0.25, 0.3) is 0 Å². The summed E-state index contributed by atoms with van der Waals surface area (Å²) < 4.78 is 11.9. The first-order valence-electron chi connectivity index (χ1n) is 11.3. The Bertz CT molecular complexity index is 1070. The molecule has 4 rings (SSSR count). The molecular weight excluding hydrogens is 450 g/mol. The Morgan fingerprint density at radius 3 is 2.88 bits per heavy atom. The summed E-state index contributed by atoms with van der Waals surface area (Å²) in [5, 5.41) is 10.2. The Balaban J connectivity index is 1.33. The van der Waals surface area contributed by atoms with Gasteiger partial charge in [-0.1, -0.05) is 34.5 Å². The summed E-state index contributed by atoms with van der Waals surface area (Å²) in [5.41, 5.74) is 3.11. The van der Waals surface area contributed by atoms with Crippen LogP contribution in [0.1, 0.15) is 24.8 Å². The largest absolute Gasteiger partial charge is 0.381 e. The molecule has 2 heterocycles. The van der Waals surface area contributed by atoms with Crippen LogP contribution >= 0.6 is 11.9 Å². The van der Waals surface area contributed by atoms with Crippen LogP contribution in [0.3, 0.4) is 0 Å². The molecule has 0 aliphatic carbocycles. The van der Waals surface area contributed by atoms with Gasteiger partial charge in [-0.2, -0.15) is 4.98 Å². The van der Waals surface area contributed by atoms with Crippen LogP contribution in [-0.2, 0) is 10.7 Å². The van der Waals surface area contributed by atoms with Crippen LogP contribution in [0.15, 0.2) is 64.5 Å². The third-order valence-corrected chi connectivity index (χ3v) is 7.59. The Morgan fingerprint density at radius 1 is 1.12 bits per heavy atom. The van der Waals surface area contributed by atoms with Gasteiger partial charge >= 0.3 is 0 Å². The summed E-state index contributed by atoms with van der Waals surface area (Å²) in [7, 11) is -0.493. The fourth-order valence-corrected chi connectivity index (χ4v) is 5.31. The predicted molar refractivity (Wildman–Crippen MR) is 141 cm³/mol. The molecule has 1 aromatic heterocycles. The van der Waals surface area contributed by atoms with E-state index in [1.165, 1.54) is 10.5 Å². The normalized spacial score (nSPS) is 15.8. The fraction of sp³-hybridized carbons (Fsp3) is 0.333. The summed E-state index contributed by atoms with van der Waals surface area (Å²) in [5.74, 6) is 2.25. The molecular formula is C24H31N7S2. The van der Waals surface area contributed by atoms with Crippen molar-refractivity contribution >= 4 is 45.8 Å². The molecule has 1 aliphatic heterocycles.